The van der Waals surface area contributed by atoms with Crippen molar-refractivity contribution in [3.8, 4) is 0 Å². The Morgan fingerprint density at radius 2 is 1.86 bits per heavy atom. The molecule has 5 nitrogen and oxygen atoms in total. The first kappa shape index (κ1) is 19.1. The summed E-state index contributed by atoms with van der Waals surface area (Å²) in [5.41, 5.74) is 1.15. The van der Waals surface area contributed by atoms with Crippen LogP contribution in [0.4, 0.5) is 11.8 Å². The zero-order valence-electron chi connectivity index (χ0n) is 16.4. The van der Waals surface area contributed by atoms with Crippen molar-refractivity contribution in [3.05, 3.63) is 83.4 Å². The van der Waals surface area contributed by atoms with Crippen LogP contribution in [0.25, 0.3) is 10.1 Å². The minimum Gasteiger partial charge on any atom is -0.348 e. The van der Waals surface area contributed by atoms with Gasteiger partial charge in [-0.25, -0.2) is 4.98 Å². The molecule has 2 aromatic heterocycles. The van der Waals surface area contributed by atoms with Crippen LogP contribution in [0.1, 0.15) is 35.1 Å². The van der Waals surface area contributed by atoms with Crippen molar-refractivity contribution >= 4 is 39.1 Å². The van der Waals surface area contributed by atoms with E-state index < -0.39 is 0 Å². The largest absolute Gasteiger partial charge is 0.348 e. The van der Waals surface area contributed by atoms with Gasteiger partial charge in [0.05, 0.1) is 10.9 Å². The fourth-order valence-electron chi connectivity index (χ4n) is 3.22. The Morgan fingerprint density at radius 3 is 2.62 bits per heavy atom. The maximum Gasteiger partial charge on any atom is 0.269 e. The first-order valence-electron chi connectivity index (χ1n) is 9.60. The number of nitrogens with one attached hydrogen (secondary N) is 1. The van der Waals surface area contributed by atoms with Crippen molar-refractivity contribution in [1.82, 2.24) is 9.97 Å². The van der Waals surface area contributed by atoms with E-state index >= 15 is 0 Å². The molecule has 1 amide bonds. The highest BCUT2D eigenvalue weighted by Gasteiger charge is 2.20. The van der Waals surface area contributed by atoms with E-state index in [0.29, 0.717) is 23.2 Å². The van der Waals surface area contributed by atoms with Gasteiger partial charge in [0.2, 0.25) is 5.95 Å². The molecule has 0 saturated heterocycles. The van der Waals surface area contributed by atoms with Gasteiger partial charge < -0.3 is 5.32 Å². The first-order chi connectivity index (χ1) is 14.2. The number of thiophene rings is 1. The molecule has 0 saturated carbocycles. The molecule has 4 rings (SSSR count). The summed E-state index contributed by atoms with van der Waals surface area (Å²) in [6.45, 7) is 4.54. The molecule has 1 atom stereocenters. The Morgan fingerprint density at radius 1 is 1.10 bits per heavy atom. The number of amides is 1. The van der Waals surface area contributed by atoms with E-state index in [2.05, 4.69) is 34.3 Å². The molecule has 6 heteroatoms. The third-order valence-electron chi connectivity index (χ3n) is 4.76. The molecular weight excluding hydrogens is 380 g/mol. The fraction of sp³-hybridized carbons (Fsp3) is 0.174. The second kappa shape index (κ2) is 8.41. The standard InChI is InChI=1S/C23H22N4OS/c1-3-27(22(28)20-15-18-11-7-8-12-19(18)29-20)21-13-14-24-23(26-21)25-16(2)17-9-5-4-6-10-17/h4-16H,3H2,1-2H3,(H,24,25,26)/t16-/m0/s1. The van der Waals surface area contributed by atoms with Crippen LogP contribution in [0.15, 0.2) is 72.9 Å². The van der Waals surface area contributed by atoms with E-state index in [0.717, 1.165) is 15.6 Å². The lowest BCUT2D eigenvalue weighted by atomic mass is 10.1. The minimum atomic E-state index is -0.0468. The topological polar surface area (TPSA) is 58.1 Å². The molecule has 0 aliphatic carbocycles. The van der Waals surface area contributed by atoms with E-state index in [9.17, 15) is 4.79 Å². The summed E-state index contributed by atoms with van der Waals surface area (Å²) in [5.74, 6) is 1.05. The minimum absolute atomic E-state index is 0.0468. The van der Waals surface area contributed by atoms with Crippen LogP contribution in [-0.4, -0.2) is 22.4 Å². The summed E-state index contributed by atoms with van der Waals surface area (Å²) in [6, 6.07) is 21.9. The summed E-state index contributed by atoms with van der Waals surface area (Å²) >= 11 is 1.51. The van der Waals surface area contributed by atoms with Crippen molar-refractivity contribution in [2.45, 2.75) is 19.9 Å². The van der Waals surface area contributed by atoms with Crippen LogP contribution < -0.4 is 10.2 Å². The monoisotopic (exact) mass is 402 g/mol. The van der Waals surface area contributed by atoms with Crippen LogP contribution in [0, 0.1) is 0 Å². The molecular formula is C23H22N4OS. The molecule has 0 bridgehead atoms. The van der Waals surface area contributed by atoms with E-state index in [1.54, 1.807) is 17.2 Å². The quantitative estimate of drug-likeness (QED) is 0.461. The van der Waals surface area contributed by atoms with Crippen LogP contribution in [0.5, 0.6) is 0 Å². The Balaban J connectivity index is 1.57. The number of carbonyl (C=O) groups excluding carboxylic acids is 1. The van der Waals surface area contributed by atoms with Gasteiger partial charge in [-0.05, 0) is 43.0 Å². The van der Waals surface area contributed by atoms with Gasteiger partial charge in [0.1, 0.15) is 5.82 Å². The number of carbonyl (C=O) groups is 1. The lowest BCUT2D eigenvalue weighted by molar-refractivity contribution is 0.0991. The van der Waals surface area contributed by atoms with Crippen molar-refractivity contribution in [2.24, 2.45) is 0 Å². The molecule has 2 aromatic carbocycles. The van der Waals surface area contributed by atoms with Gasteiger partial charge in [-0.15, -0.1) is 11.3 Å². The maximum absolute atomic E-state index is 13.2. The van der Waals surface area contributed by atoms with Gasteiger partial charge in [0, 0.05) is 17.4 Å². The highest BCUT2D eigenvalue weighted by atomic mass is 32.1. The van der Waals surface area contributed by atoms with Gasteiger partial charge >= 0.3 is 0 Å². The maximum atomic E-state index is 13.2. The third-order valence-corrected chi connectivity index (χ3v) is 5.86. The molecule has 0 fully saturated rings. The second-order valence-electron chi connectivity index (χ2n) is 6.71. The lowest BCUT2D eigenvalue weighted by Crippen LogP contribution is -2.31. The van der Waals surface area contributed by atoms with Crippen molar-refractivity contribution in [3.63, 3.8) is 0 Å². The Kier molecular flexibility index (Phi) is 5.53. The molecule has 146 valence electrons. The molecule has 29 heavy (non-hydrogen) atoms. The van der Waals surface area contributed by atoms with E-state index in [1.807, 2.05) is 55.5 Å². The molecule has 0 spiro atoms. The van der Waals surface area contributed by atoms with Crippen molar-refractivity contribution in [1.29, 1.82) is 0 Å². The highest BCUT2D eigenvalue weighted by molar-refractivity contribution is 7.20. The lowest BCUT2D eigenvalue weighted by Gasteiger charge is -2.20. The Bertz CT molecular complexity index is 1090. The Labute approximate surface area is 174 Å². The highest BCUT2D eigenvalue weighted by Crippen LogP contribution is 2.28. The predicted octanol–water partition coefficient (Wildman–Crippen LogP) is 5.53. The van der Waals surface area contributed by atoms with Crippen LogP contribution in [-0.2, 0) is 0 Å². The third kappa shape index (κ3) is 4.12. The fourth-order valence-corrected chi connectivity index (χ4v) is 4.23. The van der Waals surface area contributed by atoms with Gasteiger partial charge in [-0.2, -0.15) is 4.98 Å². The molecule has 0 aliphatic rings. The summed E-state index contributed by atoms with van der Waals surface area (Å²) < 4.78 is 1.11. The number of anilines is 2. The summed E-state index contributed by atoms with van der Waals surface area (Å²) in [7, 11) is 0. The number of hydrogen-bond acceptors (Lipinski definition) is 5. The van der Waals surface area contributed by atoms with Gasteiger partial charge in [-0.1, -0.05) is 48.5 Å². The normalized spacial score (nSPS) is 11.9. The van der Waals surface area contributed by atoms with Gasteiger partial charge in [0.25, 0.3) is 5.91 Å². The zero-order valence-corrected chi connectivity index (χ0v) is 17.2. The summed E-state index contributed by atoms with van der Waals surface area (Å²) in [6.07, 6.45) is 1.68. The zero-order chi connectivity index (χ0) is 20.2. The van der Waals surface area contributed by atoms with E-state index in [-0.39, 0.29) is 11.9 Å². The average molecular weight is 403 g/mol. The van der Waals surface area contributed by atoms with Crippen LogP contribution in [0.2, 0.25) is 0 Å². The molecule has 4 aromatic rings. The average Bonchev–Trinajstić information content (AvgIpc) is 3.19. The molecule has 2 heterocycles. The van der Waals surface area contributed by atoms with E-state index in [1.165, 1.54) is 11.3 Å². The number of benzene rings is 2. The Hall–Kier alpha value is -3.25. The molecule has 0 radical (unpaired) electrons. The van der Waals surface area contributed by atoms with Crippen molar-refractivity contribution < 1.29 is 4.79 Å². The van der Waals surface area contributed by atoms with Gasteiger partial charge in [0.15, 0.2) is 0 Å². The summed E-state index contributed by atoms with van der Waals surface area (Å²) in [5, 5.41) is 4.40. The second-order valence-corrected chi connectivity index (χ2v) is 7.80. The molecule has 1 N–H and O–H groups in total. The predicted molar refractivity (Wildman–Crippen MR) is 120 cm³/mol. The smallest absolute Gasteiger partial charge is 0.269 e. The van der Waals surface area contributed by atoms with Crippen molar-refractivity contribution in [2.75, 3.05) is 16.8 Å². The molecule has 0 aliphatic heterocycles. The van der Waals surface area contributed by atoms with Crippen LogP contribution >= 0.6 is 11.3 Å². The summed E-state index contributed by atoms with van der Waals surface area (Å²) in [4.78, 5) is 24.5. The van der Waals surface area contributed by atoms with Crippen LogP contribution in [0.3, 0.4) is 0 Å². The SMILES string of the molecule is CCN(C(=O)c1cc2ccccc2s1)c1ccnc(N[C@@H](C)c2ccccc2)n1. The number of nitrogens with zero attached hydrogens (tertiary/aromatic N) is 3. The number of hydrogen-bond donors (Lipinski definition) is 1. The molecule has 0 unspecified atom stereocenters. The van der Waals surface area contributed by atoms with E-state index in [4.69, 9.17) is 0 Å². The number of rotatable bonds is 6. The number of aromatic nitrogens is 2. The number of fused-ring (bicyclic) bond motifs is 1. The van der Waals surface area contributed by atoms with Gasteiger partial charge in [-0.3, -0.25) is 9.69 Å². The first-order valence-corrected chi connectivity index (χ1v) is 10.4.